The lowest BCUT2D eigenvalue weighted by molar-refractivity contribution is 0.0738. The minimum absolute atomic E-state index is 0.0781. The number of aromatic amines is 1. The van der Waals surface area contributed by atoms with E-state index in [1.807, 2.05) is 31.2 Å². The van der Waals surface area contributed by atoms with Crippen molar-refractivity contribution >= 4 is 51.0 Å². The van der Waals surface area contributed by atoms with Gasteiger partial charge in [0.05, 0.1) is 23.0 Å². The molecule has 0 aliphatic rings. The summed E-state index contributed by atoms with van der Waals surface area (Å²) in [6.45, 7) is 2.81. The highest BCUT2D eigenvalue weighted by molar-refractivity contribution is 14.1. The molecule has 5 nitrogen and oxygen atoms in total. The molecule has 2 aromatic carbocycles. The van der Waals surface area contributed by atoms with Crippen LogP contribution in [0.3, 0.4) is 0 Å². The largest absolute Gasteiger partial charge is 0.331 e. The molecular weight excluding hydrogens is 465 g/mol. The first kappa shape index (κ1) is 18.8. The molecule has 0 atom stereocenters. The molecule has 0 spiro atoms. The van der Waals surface area contributed by atoms with Gasteiger partial charge in [0.1, 0.15) is 5.82 Å². The number of H-pyrrole nitrogens is 1. The SMILES string of the molecule is CCCN(Cc1nc2cc(Cl)ccc2c(=O)[nH]1)C(=O)c1ccccc1I. The molecule has 3 aromatic rings. The highest BCUT2D eigenvalue weighted by atomic mass is 127. The zero-order valence-electron chi connectivity index (χ0n) is 14.1. The Morgan fingerprint density at radius 3 is 2.77 bits per heavy atom. The van der Waals surface area contributed by atoms with Crippen LogP contribution >= 0.6 is 34.2 Å². The third kappa shape index (κ3) is 4.07. The zero-order chi connectivity index (χ0) is 18.7. The second-order valence-corrected chi connectivity index (χ2v) is 7.48. The van der Waals surface area contributed by atoms with Crippen molar-refractivity contribution in [2.45, 2.75) is 19.9 Å². The number of carbonyl (C=O) groups is 1. The fraction of sp³-hybridized carbons (Fsp3) is 0.211. The van der Waals surface area contributed by atoms with Gasteiger partial charge >= 0.3 is 0 Å². The van der Waals surface area contributed by atoms with E-state index in [1.54, 1.807) is 23.1 Å². The molecule has 1 heterocycles. The molecule has 1 amide bonds. The van der Waals surface area contributed by atoms with Gasteiger partial charge in [-0.25, -0.2) is 4.98 Å². The minimum atomic E-state index is -0.236. The summed E-state index contributed by atoms with van der Waals surface area (Å²) >= 11 is 8.16. The molecule has 134 valence electrons. The van der Waals surface area contributed by atoms with Crippen LogP contribution in [0, 0.1) is 3.57 Å². The number of amides is 1. The second kappa shape index (κ2) is 8.18. The Morgan fingerprint density at radius 1 is 1.27 bits per heavy atom. The average molecular weight is 482 g/mol. The summed E-state index contributed by atoms with van der Waals surface area (Å²) in [5.41, 5.74) is 0.932. The van der Waals surface area contributed by atoms with Crippen molar-refractivity contribution in [2.75, 3.05) is 6.54 Å². The highest BCUT2D eigenvalue weighted by Gasteiger charge is 2.19. The average Bonchev–Trinajstić information content (AvgIpc) is 2.61. The van der Waals surface area contributed by atoms with Gasteiger partial charge in [-0.2, -0.15) is 0 Å². The molecule has 0 saturated carbocycles. The van der Waals surface area contributed by atoms with Crippen molar-refractivity contribution in [1.29, 1.82) is 0 Å². The standard InChI is InChI=1S/C19H17ClIN3O2/c1-2-9-24(19(26)13-5-3-4-6-15(13)21)11-17-22-16-10-12(20)7-8-14(16)18(25)23-17/h3-8,10H,2,9,11H2,1H3,(H,22,23,25). The lowest BCUT2D eigenvalue weighted by atomic mass is 10.2. The summed E-state index contributed by atoms with van der Waals surface area (Å²) in [6.07, 6.45) is 0.804. The summed E-state index contributed by atoms with van der Waals surface area (Å²) in [7, 11) is 0. The second-order valence-electron chi connectivity index (χ2n) is 5.88. The van der Waals surface area contributed by atoms with E-state index >= 15 is 0 Å². The van der Waals surface area contributed by atoms with Gasteiger partial charge < -0.3 is 9.88 Å². The van der Waals surface area contributed by atoms with E-state index in [1.165, 1.54) is 0 Å². The van der Waals surface area contributed by atoms with Crippen molar-refractivity contribution in [3.05, 3.63) is 72.8 Å². The Hall–Kier alpha value is -1.93. The van der Waals surface area contributed by atoms with Crippen LogP contribution in [0.4, 0.5) is 0 Å². The Labute approximate surface area is 169 Å². The number of nitrogens with one attached hydrogen (secondary N) is 1. The molecule has 0 fully saturated rings. The molecule has 0 unspecified atom stereocenters. The molecule has 0 aliphatic carbocycles. The first-order valence-electron chi connectivity index (χ1n) is 8.22. The van der Waals surface area contributed by atoms with Crippen LogP contribution in [0.15, 0.2) is 47.3 Å². The maximum Gasteiger partial charge on any atom is 0.258 e. The van der Waals surface area contributed by atoms with E-state index < -0.39 is 0 Å². The van der Waals surface area contributed by atoms with Gasteiger partial charge in [-0.05, 0) is 59.3 Å². The molecule has 0 saturated heterocycles. The zero-order valence-corrected chi connectivity index (χ0v) is 17.0. The van der Waals surface area contributed by atoms with Gasteiger partial charge in [-0.3, -0.25) is 9.59 Å². The predicted molar refractivity (Wildman–Crippen MR) is 112 cm³/mol. The van der Waals surface area contributed by atoms with Crippen LogP contribution < -0.4 is 5.56 Å². The third-order valence-electron chi connectivity index (χ3n) is 3.94. The molecule has 1 aromatic heterocycles. The molecular formula is C19H17ClIN3O2. The fourth-order valence-corrected chi connectivity index (χ4v) is 3.53. The topological polar surface area (TPSA) is 66.1 Å². The Bertz CT molecular complexity index is 1020. The molecule has 0 bridgehead atoms. The molecule has 0 radical (unpaired) electrons. The van der Waals surface area contributed by atoms with E-state index in [9.17, 15) is 9.59 Å². The van der Waals surface area contributed by atoms with Crippen LogP contribution in [0.2, 0.25) is 5.02 Å². The summed E-state index contributed by atoms with van der Waals surface area (Å²) in [6, 6.07) is 12.4. The first-order chi connectivity index (χ1) is 12.5. The van der Waals surface area contributed by atoms with Gasteiger partial charge in [-0.1, -0.05) is 30.7 Å². The number of carbonyl (C=O) groups excluding carboxylic acids is 1. The number of benzene rings is 2. The lowest BCUT2D eigenvalue weighted by Gasteiger charge is -2.22. The first-order valence-corrected chi connectivity index (χ1v) is 9.67. The van der Waals surface area contributed by atoms with Gasteiger partial charge in [0.25, 0.3) is 11.5 Å². The van der Waals surface area contributed by atoms with Gasteiger partial charge in [0.2, 0.25) is 0 Å². The van der Waals surface area contributed by atoms with Crippen molar-refractivity contribution in [1.82, 2.24) is 14.9 Å². The molecule has 1 N–H and O–H groups in total. The Morgan fingerprint density at radius 2 is 2.04 bits per heavy atom. The quantitative estimate of drug-likeness (QED) is 0.555. The predicted octanol–water partition coefficient (Wildman–Crippen LogP) is 4.23. The van der Waals surface area contributed by atoms with Crippen molar-refractivity contribution < 1.29 is 4.79 Å². The number of nitrogens with zero attached hydrogens (tertiary/aromatic N) is 2. The normalized spacial score (nSPS) is 10.9. The van der Waals surface area contributed by atoms with Crippen molar-refractivity contribution in [3.8, 4) is 0 Å². The van der Waals surface area contributed by atoms with E-state index in [2.05, 4.69) is 32.6 Å². The summed E-state index contributed by atoms with van der Waals surface area (Å²) in [4.78, 5) is 34.2. The smallest absolute Gasteiger partial charge is 0.258 e. The van der Waals surface area contributed by atoms with E-state index in [-0.39, 0.29) is 18.0 Å². The number of hydrogen-bond donors (Lipinski definition) is 1. The van der Waals surface area contributed by atoms with Gasteiger partial charge in [0.15, 0.2) is 0 Å². The third-order valence-corrected chi connectivity index (χ3v) is 5.12. The van der Waals surface area contributed by atoms with Crippen molar-refractivity contribution in [3.63, 3.8) is 0 Å². The van der Waals surface area contributed by atoms with E-state index in [0.717, 1.165) is 9.99 Å². The molecule has 26 heavy (non-hydrogen) atoms. The maximum atomic E-state index is 12.9. The Balaban J connectivity index is 1.95. The monoisotopic (exact) mass is 481 g/mol. The number of fused-ring (bicyclic) bond motifs is 1. The number of aromatic nitrogens is 2. The van der Waals surface area contributed by atoms with E-state index in [0.29, 0.717) is 33.9 Å². The van der Waals surface area contributed by atoms with Crippen LogP contribution in [-0.4, -0.2) is 27.3 Å². The summed E-state index contributed by atoms with van der Waals surface area (Å²) < 4.78 is 0.892. The molecule has 7 heteroatoms. The van der Waals surface area contributed by atoms with Gasteiger partial charge in [-0.15, -0.1) is 0 Å². The molecule has 0 aliphatic heterocycles. The van der Waals surface area contributed by atoms with Crippen LogP contribution in [0.1, 0.15) is 29.5 Å². The fourth-order valence-electron chi connectivity index (χ4n) is 2.74. The number of halogens is 2. The molecule has 3 rings (SSSR count). The Kier molecular flexibility index (Phi) is 5.93. The number of rotatable bonds is 5. The summed E-state index contributed by atoms with van der Waals surface area (Å²) in [5.74, 6) is 0.364. The number of hydrogen-bond acceptors (Lipinski definition) is 3. The van der Waals surface area contributed by atoms with Gasteiger partial charge in [0, 0.05) is 15.1 Å². The van der Waals surface area contributed by atoms with Crippen LogP contribution in [0.5, 0.6) is 0 Å². The van der Waals surface area contributed by atoms with Crippen LogP contribution in [0.25, 0.3) is 10.9 Å². The van der Waals surface area contributed by atoms with E-state index in [4.69, 9.17) is 11.6 Å². The van der Waals surface area contributed by atoms with Crippen molar-refractivity contribution in [2.24, 2.45) is 0 Å². The minimum Gasteiger partial charge on any atom is -0.331 e. The lowest BCUT2D eigenvalue weighted by Crippen LogP contribution is -2.33. The maximum absolute atomic E-state index is 12.9. The van der Waals surface area contributed by atoms with Crippen LogP contribution in [-0.2, 0) is 6.54 Å². The summed E-state index contributed by atoms with van der Waals surface area (Å²) in [5, 5.41) is 0.992. The highest BCUT2D eigenvalue weighted by Crippen LogP contribution is 2.17.